The molecule has 2 N–H and O–H groups in total. The predicted molar refractivity (Wildman–Crippen MR) is 112 cm³/mol. The molecule has 1 spiro atoms. The predicted octanol–water partition coefficient (Wildman–Crippen LogP) is 3.37. The van der Waals surface area contributed by atoms with Gasteiger partial charge in [-0.1, -0.05) is 44.1 Å². The molecule has 3 rings (SSSR count). The van der Waals surface area contributed by atoms with Crippen molar-refractivity contribution in [2.75, 3.05) is 0 Å². The minimum absolute atomic E-state index is 0.0737. The minimum atomic E-state index is -1.32. The van der Waals surface area contributed by atoms with Crippen LogP contribution in [-0.4, -0.2) is 34.7 Å². The van der Waals surface area contributed by atoms with E-state index in [1.807, 2.05) is 6.92 Å². The van der Waals surface area contributed by atoms with Crippen LogP contribution >= 0.6 is 0 Å². The van der Waals surface area contributed by atoms with Crippen LogP contribution in [0.15, 0.2) is 23.3 Å². The van der Waals surface area contributed by atoms with Gasteiger partial charge in [-0.2, -0.15) is 0 Å². The minimum Gasteiger partial charge on any atom is -0.385 e. The number of rotatable bonds is 2. The molecule has 1 unspecified atom stereocenters. The van der Waals surface area contributed by atoms with Gasteiger partial charge in [-0.25, -0.2) is 0 Å². The van der Waals surface area contributed by atoms with Crippen LogP contribution in [0.3, 0.4) is 0 Å². The molecule has 0 aromatic rings. The Morgan fingerprint density at radius 3 is 2.52 bits per heavy atom. The Morgan fingerprint density at radius 1 is 1.17 bits per heavy atom. The summed E-state index contributed by atoms with van der Waals surface area (Å²) in [4.78, 5) is 39.5. The molecule has 2 aliphatic carbocycles. The van der Waals surface area contributed by atoms with Gasteiger partial charge in [0.2, 0.25) is 5.91 Å². The van der Waals surface area contributed by atoms with Crippen LogP contribution in [0.25, 0.3) is 0 Å². The molecule has 0 radical (unpaired) electrons. The third-order valence-corrected chi connectivity index (χ3v) is 7.27. The lowest BCUT2D eigenvalue weighted by atomic mass is 9.54. The first-order valence-corrected chi connectivity index (χ1v) is 11.0. The van der Waals surface area contributed by atoms with Crippen LogP contribution in [0, 0.1) is 29.1 Å². The van der Waals surface area contributed by atoms with E-state index in [2.05, 4.69) is 45.2 Å². The van der Waals surface area contributed by atoms with E-state index in [0.717, 1.165) is 18.4 Å². The second-order valence-electron chi connectivity index (χ2n) is 9.81. The Bertz CT molecular complexity index is 765. The van der Waals surface area contributed by atoms with Crippen molar-refractivity contribution < 1.29 is 19.5 Å². The third kappa shape index (κ3) is 3.74. The molecule has 3 aliphatic rings. The van der Waals surface area contributed by atoms with Crippen molar-refractivity contribution in [2.24, 2.45) is 29.1 Å². The first-order chi connectivity index (χ1) is 13.6. The van der Waals surface area contributed by atoms with Crippen LogP contribution in [0.4, 0.5) is 0 Å². The Labute approximate surface area is 174 Å². The normalized spacial score (nSPS) is 38.6. The zero-order chi connectivity index (χ0) is 21.5. The maximum atomic E-state index is 13.7. The Balaban J connectivity index is 2.19. The number of nitrogens with one attached hydrogen (secondary N) is 1. The molecule has 1 amide bonds. The average molecular weight is 402 g/mol. The van der Waals surface area contributed by atoms with Gasteiger partial charge in [-0.15, -0.1) is 0 Å². The topological polar surface area (TPSA) is 83.5 Å². The molecule has 0 saturated carbocycles. The second kappa shape index (κ2) is 8.17. The first-order valence-electron chi connectivity index (χ1n) is 11.0. The fraction of sp³-hybridized carbons (Fsp3) is 0.708. The highest BCUT2D eigenvalue weighted by molar-refractivity contribution is 6.10. The zero-order valence-corrected chi connectivity index (χ0v) is 18.3. The van der Waals surface area contributed by atoms with Crippen molar-refractivity contribution in [3.05, 3.63) is 23.3 Å². The van der Waals surface area contributed by atoms with Gasteiger partial charge in [0.1, 0.15) is 11.5 Å². The lowest BCUT2D eigenvalue weighted by Gasteiger charge is -2.45. The van der Waals surface area contributed by atoms with E-state index in [-0.39, 0.29) is 54.1 Å². The van der Waals surface area contributed by atoms with Crippen molar-refractivity contribution in [1.29, 1.82) is 0 Å². The summed E-state index contributed by atoms with van der Waals surface area (Å²) in [6.45, 7) is 10.4. The number of carbonyl (C=O) groups excluding carboxylic acids is 3. The molecule has 5 heteroatoms. The summed E-state index contributed by atoms with van der Waals surface area (Å²) in [5.74, 6) is -0.884. The van der Waals surface area contributed by atoms with Gasteiger partial charge in [-0.3, -0.25) is 14.4 Å². The summed E-state index contributed by atoms with van der Waals surface area (Å²) in [6, 6.07) is -0.0840. The highest BCUT2D eigenvalue weighted by Crippen LogP contribution is 2.55. The lowest BCUT2D eigenvalue weighted by Crippen LogP contribution is -2.53. The third-order valence-electron chi connectivity index (χ3n) is 7.27. The molecular formula is C24H35NO4. The number of amides is 1. The van der Waals surface area contributed by atoms with E-state index in [1.165, 1.54) is 5.57 Å². The Morgan fingerprint density at radius 2 is 1.86 bits per heavy atom. The van der Waals surface area contributed by atoms with E-state index in [1.54, 1.807) is 0 Å². The van der Waals surface area contributed by atoms with Gasteiger partial charge in [0.25, 0.3) is 0 Å². The molecule has 1 heterocycles. The molecule has 1 aliphatic heterocycles. The number of aliphatic hydroxyl groups excluding tert-OH is 1. The van der Waals surface area contributed by atoms with E-state index < -0.39 is 11.5 Å². The average Bonchev–Trinajstić information content (AvgIpc) is 2.90. The molecular weight excluding hydrogens is 366 g/mol. The van der Waals surface area contributed by atoms with E-state index in [0.29, 0.717) is 12.3 Å². The van der Waals surface area contributed by atoms with E-state index in [4.69, 9.17) is 0 Å². The number of allylic oxidation sites excluding steroid dienone is 4. The highest BCUT2D eigenvalue weighted by atomic mass is 16.3. The molecule has 29 heavy (non-hydrogen) atoms. The molecule has 1 fully saturated rings. The van der Waals surface area contributed by atoms with Crippen LogP contribution in [-0.2, 0) is 14.4 Å². The van der Waals surface area contributed by atoms with Crippen molar-refractivity contribution in [2.45, 2.75) is 78.9 Å². The summed E-state index contributed by atoms with van der Waals surface area (Å²) in [5, 5.41) is 13.6. The lowest BCUT2D eigenvalue weighted by molar-refractivity contribution is -0.148. The number of hydrogen-bond acceptors (Lipinski definition) is 4. The monoisotopic (exact) mass is 401 g/mol. The van der Waals surface area contributed by atoms with Crippen molar-refractivity contribution in [1.82, 2.24) is 5.32 Å². The van der Waals surface area contributed by atoms with Gasteiger partial charge >= 0.3 is 0 Å². The zero-order valence-electron chi connectivity index (χ0n) is 18.3. The maximum Gasteiger partial charge on any atom is 0.235 e. The van der Waals surface area contributed by atoms with Crippen LogP contribution in [0.5, 0.6) is 0 Å². The Kier molecular flexibility index (Phi) is 6.19. The second-order valence-corrected chi connectivity index (χ2v) is 9.81. The summed E-state index contributed by atoms with van der Waals surface area (Å²) >= 11 is 0. The van der Waals surface area contributed by atoms with Crippen molar-refractivity contribution in [3.63, 3.8) is 0 Å². The molecule has 5 nitrogen and oxygen atoms in total. The first kappa shape index (κ1) is 21.9. The fourth-order valence-corrected chi connectivity index (χ4v) is 5.76. The summed E-state index contributed by atoms with van der Waals surface area (Å²) < 4.78 is 0. The highest BCUT2D eigenvalue weighted by Gasteiger charge is 2.65. The molecule has 0 bridgehead atoms. The van der Waals surface area contributed by atoms with Crippen LogP contribution in [0.2, 0.25) is 0 Å². The number of Topliss-reactive ketones (excluding diaryl/α,β-unsaturated/α-hetero) is 2. The maximum absolute atomic E-state index is 13.7. The van der Waals surface area contributed by atoms with Gasteiger partial charge < -0.3 is 10.4 Å². The molecule has 1 saturated heterocycles. The van der Waals surface area contributed by atoms with Crippen molar-refractivity contribution in [3.8, 4) is 0 Å². The fourth-order valence-electron chi connectivity index (χ4n) is 5.76. The van der Waals surface area contributed by atoms with Gasteiger partial charge in [0.05, 0.1) is 0 Å². The number of carbonyl (C=O) groups is 3. The standard InChI is InChI=1S/C24H35NO4/c1-13(2)9-18-22-16(5)15(4)11-17-10-14(3)7-6-8-19(26)20(27)12-21(28)24(17,22)23(29)25-18/h10-11,13,16-18,20,22,27H,6-9,12H2,1-5H3,(H,25,29)/t16-,17+,18+,20?,22+,24-/m1/s1. The SMILES string of the molecule is CC1=C[C@H]2C=C(C)[C@@H](C)[C@H]3[C@H](CC(C)C)NC(=O)[C@@]23C(=O)CC(O)C(=O)CCC1. The summed E-state index contributed by atoms with van der Waals surface area (Å²) in [6.07, 6.45) is 4.98. The number of hydrogen-bond donors (Lipinski definition) is 2. The Hall–Kier alpha value is -1.75. The quantitative estimate of drug-likeness (QED) is 0.549. The van der Waals surface area contributed by atoms with Crippen molar-refractivity contribution >= 4 is 17.5 Å². The van der Waals surface area contributed by atoms with Gasteiger partial charge in [0, 0.05) is 30.7 Å². The van der Waals surface area contributed by atoms with E-state index >= 15 is 0 Å². The largest absolute Gasteiger partial charge is 0.385 e. The van der Waals surface area contributed by atoms with Crippen LogP contribution in [0.1, 0.15) is 66.7 Å². The smallest absolute Gasteiger partial charge is 0.235 e. The van der Waals surface area contributed by atoms with E-state index in [9.17, 15) is 19.5 Å². The number of ketones is 2. The molecule has 160 valence electrons. The molecule has 0 aromatic heterocycles. The molecule has 0 aromatic carbocycles. The molecule has 6 atom stereocenters. The number of aliphatic hydroxyl groups is 1. The van der Waals surface area contributed by atoms with Gasteiger partial charge in [0.15, 0.2) is 11.6 Å². The summed E-state index contributed by atoms with van der Waals surface area (Å²) in [5.41, 5.74) is 1.04. The van der Waals surface area contributed by atoms with Gasteiger partial charge in [-0.05, 0) is 44.9 Å². The van der Waals surface area contributed by atoms with Crippen LogP contribution < -0.4 is 5.32 Å². The summed E-state index contributed by atoms with van der Waals surface area (Å²) in [7, 11) is 0.